The van der Waals surface area contributed by atoms with E-state index in [-0.39, 0.29) is 12.3 Å². The summed E-state index contributed by atoms with van der Waals surface area (Å²) in [4.78, 5) is 13.2. The molecule has 3 rings (SSSR count). The molecule has 2 aromatic rings. The highest BCUT2D eigenvalue weighted by molar-refractivity contribution is 7.16. The second-order valence-electron chi connectivity index (χ2n) is 4.90. The van der Waals surface area contributed by atoms with Gasteiger partial charge in [0, 0.05) is 11.3 Å². The van der Waals surface area contributed by atoms with Gasteiger partial charge in [0.15, 0.2) is 0 Å². The number of nitrogens with one attached hydrogen (secondary N) is 1. The van der Waals surface area contributed by atoms with Crippen molar-refractivity contribution in [2.24, 2.45) is 0 Å². The van der Waals surface area contributed by atoms with Gasteiger partial charge in [-0.25, -0.2) is 4.68 Å². The molecule has 0 bridgehead atoms. The van der Waals surface area contributed by atoms with Crippen molar-refractivity contribution in [1.82, 2.24) is 20.2 Å². The van der Waals surface area contributed by atoms with Crippen LogP contribution in [-0.2, 0) is 24.2 Å². The van der Waals surface area contributed by atoms with Gasteiger partial charge in [-0.2, -0.15) is 5.26 Å². The van der Waals surface area contributed by atoms with Crippen molar-refractivity contribution in [3.8, 4) is 6.07 Å². The van der Waals surface area contributed by atoms with Crippen molar-refractivity contribution in [3.63, 3.8) is 0 Å². The van der Waals surface area contributed by atoms with E-state index in [1.54, 1.807) is 0 Å². The predicted octanol–water partition coefficient (Wildman–Crippen LogP) is 1.51. The monoisotopic (exact) mass is 302 g/mol. The summed E-state index contributed by atoms with van der Waals surface area (Å²) in [6, 6.07) is 2.24. The van der Waals surface area contributed by atoms with Gasteiger partial charge in [-0.1, -0.05) is 0 Å². The van der Waals surface area contributed by atoms with Crippen LogP contribution in [0.2, 0.25) is 0 Å². The molecule has 0 radical (unpaired) electrons. The van der Waals surface area contributed by atoms with Gasteiger partial charge in [-0.05, 0) is 41.7 Å². The van der Waals surface area contributed by atoms with Gasteiger partial charge < -0.3 is 5.32 Å². The first-order chi connectivity index (χ1) is 10.3. The summed E-state index contributed by atoms with van der Waals surface area (Å²) < 4.78 is 1.50. The van der Waals surface area contributed by atoms with Gasteiger partial charge in [0.1, 0.15) is 17.4 Å². The number of nitriles is 1. The molecule has 0 aromatic carbocycles. The van der Waals surface area contributed by atoms with Gasteiger partial charge in [0.05, 0.1) is 12.1 Å². The molecule has 7 nitrogen and oxygen atoms in total. The fourth-order valence-corrected chi connectivity index (χ4v) is 3.72. The molecule has 2 aromatic heterocycles. The molecule has 0 fully saturated rings. The van der Waals surface area contributed by atoms with Crippen LogP contribution in [0, 0.1) is 11.3 Å². The van der Waals surface area contributed by atoms with Gasteiger partial charge in [0.2, 0.25) is 5.91 Å². The van der Waals surface area contributed by atoms with Crippen LogP contribution in [0.3, 0.4) is 0 Å². The number of aromatic nitrogens is 4. The first-order valence-electron chi connectivity index (χ1n) is 6.83. The molecule has 1 aliphatic rings. The van der Waals surface area contributed by atoms with E-state index < -0.39 is 0 Å². The van der Waals surface area contributed by atoms with Crippen LogP contribution < -0.4 is 5.32 Å². The highest BCUT2D eigenvalue weighted by Gasteiger charge is 2.21. The first kappa shape index (κ1) is 13.7. The van der Waals surface area contributed by atoms with Gasteiger partial charge in [0.25, 0.3) is 0 Å². The van der Waals surface area contributed by atoms with E-state index in [0.29, 0.717) is 17.1 Å². The Morgan fingerprint density at radius 3 is 3.10 bits per heavy atom. The Morgan fingerprint density at radius 2 is 2.33 bits per heavy atom. The Bertz CT molecular complexity index is 684. The minimum atomic E-state index is -0.124. The average molecular weight is 302 g/mol. The van der Waals surface area contributed by atoms with E-state index in [1.165, 1.54) is 27.2 Å². The summed E-state index contributed by atoms with van der Waals surface area (Å²) in [5.41, 5.74) is 1.77. The van der Waals surface area contributed by atoms with Crippen molar-refractivity contribution in [2.45, 2.75) is 38.6 Å². The number of hydrogen-bond acceptors (Lipinski definition) is 6. The topological polar surface area (TPSA) is 96.5 Å². The van der Waals surface area contributed by atoms with Crippen molar-refractivity contribution >= 4 is 22.2 Å². The first-order valence-corrected chi connectivity index (χ1v) is 7.65. The second kappa shape index (κ2) is 6.01. The predicted molar refractivity (Wildman–Crippen MR) is 76.7 cm³/mol. The molecule has 108 valence electrons. The Morgan fingerprint density at radius 1 is 1.48 bits per heavy atom. The molecular formula is C13H14N6OS. The van der Waals surface area contributed by atoms with Crippen LogP contribution in [0.25, 0.3) is 0 Å². The maximum absolute atomic E-state index is 12.0. The van der Waals surface area contributed by atoms with Crippen molar-refractivity contribution in [2.75, 3.05) is 5.32 Å². The van der Waals surface area contributed by atoms with Gasteiger partial charge in [-0.15, -0.1) is 16.4 Å². The third-order valence-electron chi connectivity index (χ3n) is 3.50. The van der Waals surface area contributed by atoms with E-state index in [1.807, 2.05) is 0 Å². The number of carbonyl (C=O) groups excluding carboxylic acids is 1. The Kier molecular flexibility index (Phi) is 3.92. The molecule has 0 unspecified atom stereocenters. The minimum Gasteiger partial charge on any atom is -0.317 e. The van der Waals surface area contributed by atoms with Crippen LogP contribution in [-0.4, -0.2) is 26.1 Å². The molecule has 21 heavy (non-hydrogen) atoms. The number of tetrazole rings is 1. The zero-order valence-electron chi connectivity index (χ0n) is 11.4. The molecule has 1 amide bonds. The van der Waals surface area contributed by atoms with Crippen LogP contribution >= 0.6 is 11.3 Å². The summed E-state index contributed by atoms with van der Waals surface area (Å²) in [5, 5.41) is 23.6. The maximum Gasteiger partial charge on any atom is 0.226 e. The number of amides is 1. The van der Waals surface area contributed by atoms with Crippen LogP contribution in [0.15, 0.2) is 6.33 Å². The molecule has 0 atom stereocenters. The number of aryl methyl sites for hydroxylation is 2. The summed E-state index contributed by atoms with van der Waals surface area (Å²) in [7, 11) is 0. The molecule has 0 saturated carbocycles. The number of thiophene rings is 1. The third kappa shape index (κ3) is 2.92. The molecule has 1 aliphatic carbocycles. The van der Waals surface area contributed by atoms with E-state index in [4.69, 9.17) is 0 Å². The second-order valence-corrected chi connectivity index (χ2v) is 6.00. The van der Waals surface area contributed by atoms with E-state index in [9.17, 15) is 10.1 Å². The Hall–Kier alpha value is -2.27. The lowest BCUT2D eigenvalue weighted by atomic mass is 9.96. The minimum absolute atomic E-state index is 0.124. The Balaban J connectivity index is 1.68. The van der Waals surface area contributed by atoms with Crippen LogP contribution in [0.4, 0.5) is 5.00 Å². The fourth-order valence-electron chi connectivity index (χ4n) is 2.46. The maximum atomic E-state index is 12.0. The quantitative estimate of drug-likeness (QED) is 0.923. The van der Waals surface area contributed by atoms with Crippen LogP contribution in [0.1, 0.15) is 35.3 Å². The van der Waals surface area contributed by atoms with E-state index in [2.05, 4.69) is 26.9 Å². The smallest absolute Gasteiger partial charge is 0.226 e. The number of nitrogens with zero attached hydrogens (tertiary/aromatic N) is 5. The lowest BCUT2D eigenvalue weighted by Crippen LogP contribution is -2.14. The molecule has 1 N–H and O–H groups in total. The number of fused-ring (bicyclic) bond motifs is 1. The molecule has 0 spiro atoms. The fraction of sp³-hybridized carbons (Fsp3) is 0.462. The molecular weight excluding hydrogens is 288 g/mol. The average Bonchev–Trinajstić information content (AvgIpc) is 3.12. The number of rotatable bonds is 4. The van der Waals surface area contributed by atoms with Gasteiger partial charge >= 0.3 is 0 Å². The molecule has 2 heterocycles. The summed E-state index contributed by atoms with van der Waals surface area (Å²) in [5.74, 6) is -0.124. The lowest BCUT2D eigenvalue weighted by Gasteiger charge is -2.09. The molecule has 0 aliphatic heterocycles. The van der Waals surface area contributed by atoms with Crippen molar-refractivity contribution in [3.05, 3.63) is 22.3 Å². The lowest BCUT2D eigenvalue weighted by molar-refractivity contribution is -0.116. The zero-order chi connectivity index (χ0) is 14.7. The summed E-state index contributed by atoms with van der Waals surface area (Å²) in [6.45, 7) is 0.422. The summed E-state index contributed by atoms with van der Waals surface area (Å²) >= 11 is 1.54. The van der Waals surface area contributed by atoms with E-state index >= 15 is 0 Å². The number of anilines is 1. The molecule has 0 saturated heterocycles. The number of hydrogen-bond donors (Lipinski definition) is 1. The Labute approximate surface area is 125 Å². The SMILES string of the molecule is N#Cc1c(NC(=O)CCn2cnnn2)sc2c1CCCC2. The highest BCUT2D eigenvalue weighted by atomic mass is 32.1. The molecule has 8 heteroatoms. The standard InChI is InChI=1S/C13H14N6OS/c14-7-10-9-3-1-2-4-11(9)21-13(10)16-12(20)5-6-19-8-15-17-18-19/h8H,1-6H2,(H,16,20). The normalized spacial score (nSPS) is 13.5. The highest BCUT2D eigenvalue weighted by Crippen LogP contribution is 2.37. The van der Waals surface area contributed by atoms with Gasteiger partial charge in [-0.3, -0.25) is 4.79 Å². The largest absolute Gasteiger partial charge is 0.317 e. The van der Waals surface area contributed by atoms with Crippen molar-refractivity contribution in [1.29, 1.82) is 5.26 Å². The van der Waals surface area contributed by atoms with E-state index in [0.717, 1.165) is 31.2 Å². The summed E-state index contributed by atoms with van der Waals surface area (Å²) in [6.07, 6.45) is 5.97. The number of carbonyl (C=O) groups is 1. The zero-order valence-corrected chi connectivity index (χ0v) is 12.2. The van der Waals surface area contributed by atoms with Crippen molar-refractivity contribution < 1.29 is 4.79 Å². The third-order valence-corrected chi connectivity index (χ3v) is 4.70. The van der Waals surface area contributed by atoms with Crippen LogP contribution in [0.5, 0.6) is 0 Å².